The van der Waals surface area contributed by atoms with Crippen molar-refractivity contribution in [2.24, 2.45) is 0 Å². The Morgan fingerprint density at radius 3 is 1.58 bits per heavy atom. The maximum Gasteiger partial charge on any atom is 0.0664 e. The van der Waals surface area contributed by atoms with E-state index in [0.717, 1.165) is 26.1 Å². The molecular weight excluding hydrogens is 296 g/mol. The molecule has 0 aliphatic rings. The lowest BCUT2D eigenvalue weighted by atomic mass is 10.0. The fraction of sp³-hybridized carbons (Fsp3) is 1.00. The van der Waals surface area contributed by atoms with Gasteiger partial charge >= 0.3 is 0 Å². The number of nitrogens with one attached hydrogen (secondary N) is 2. The van der Waals surface area contributed by atoms with Crippen molar-refractivity contribution in [3.63, 3.8) is 0 Å². The molecule has 1 unspecified atom stereocenters. The molecule has 0 rings (SSSR count). The molecule has 3 heteroatoms. The molecule has 0 aromatic carbocycles. The summed E-state index contributed by atoms with van der Waals surface area (Å²) < 4.78 is 0. The zero-order chi connectivity index (χ0) is 17.7. The second-order valence-corrected chi connectivity index (χ2v) is 7.35. The third-order valence-electron chi connectivity index (χ3n) is 4.82. The largest absolute Gasteiger partial charge is 0.392 e. The van der Waals surface area contributed by atoms with Crippen molar-refractivity contribution in [1.82, 2.24) is 10.6 Å². The van der Waals surface area contributed by atoms with Crippen LogP contribution in [0.15, 0.2) is 0 Å². The van der Waals surface area contributed by atoms with Crippen molar-refractivity contribution < 1.29 is 5.11 Å². The van der Waals surface area contributed by atoms with Crippen LogP contribution in [0.4, 0.5) is 0 Å². The molecule has 24 heavy (non-hydrogen) atoms. The third-order valence-corrected chi connectivity index (χ3v) is 4.82. The van der Waals surface area contributed by atoms with E-state index in [4.69, 9.17) is 0 Å². The molecule has 0 heterocycles. The van der Waals surface area contributed by atoms with E-state index in [-0.39, 0.29) is 6.10 Å². The topological polar surface area (TPSA) is 44.3 Å². The van der Waals surface area contributed by atoms with Gasteiger partial charge in [0.1, 0.15) is 0 Å². The van der Waals surface area contributed by atoms with Crippen LogP contribution in [0.3, 0.4) is 0 Å². The van der Waals surface area contributed by atoms with Gasteiger partial charge in [-0.25, -0.2) is 0 Å². The zero-order valence-corrected chi connectivity index (χ0v) is 16.8. The smallest absolute Gasteiger partial charge is 0.0664 e. The molecule has 0 amide bonds. The summed E-state index contributed by atoms with van der Waals surface area (Å²) in [6.45, 7) is 4.92. The molecule has 0 spiro atoms. The molecule has 0 radical (unpaired) electrons. The molecule has 0 aliphatic heterocycles. The normalized spacial score (nSPS) is 12.6. The third kappa shape index (κ3) is 19.9. The Kier molecular flexibility index (Phi) is 20.8. The summed E-state index contributed by atoms with van der Waals surface area (Å²) in [5.41, 5.74) is 0. The van der Waals surface area contributed by atoms with Crippen molar-refractivity contribution in [2.75, 3.05) is 26.7 Å². The quantitative estimate of drug-likeness (QED) is 0.272. The van der Waals surface area contributed by atoms with E-state index in [2.05, 4.69) is 17.6 Å². The van der Waals surface area contributed by atoms with Crippen LogP contribution in [0.1, 0.15) is 103 Å². The van der Waals surface area contributed by atoms with E-state index in [1.165, 1.54) is 89.9 Å². The lowest BCUT2D eigenvalue weighted by Gasteiger charge is -2.11. The van der Waals surface area contributed by atoms with Crippen LogP contribution in [0.25, 0.3) is 0 Å². The summed E-state index contributed by atoms with van der Waals surface area (Å²) in [7, 11) is 1.95. The lowest BCUT2D eigenvalue weighted by Crippen LogP contribution is -2.31. The minimum atomic E-state index is -0.167. The number of hydrogen-bond donors (Lipinski definition) is 3. The van der Waals surface area contributed by atoms with Gasteiger partial charge in [0, 0.05) is 19.6 Å². The minimum Gasteiger partial charge on any atom is -0.392 e. The molecule has 0 fully saturated rings. The van der Waals surface area contributed by atoms with Crippen LogP contribution < -0.4 is 10.6 Å². The average molecular weight is 343 g/mol. The molecule has 1 atom stereocenters. The molecule has 0 aromatic rings. The highest BCUT2D eigenvalue weighted by Crippen LogP contribution is 2.13. The predicted octanol–water partition coefficient (Wildman–Crippen LogP) is 5.03. The van der Waals surface area contributed by atoms with Crippen molar-refractivity contribution in [2.45, 2.75) is 109 Å². The Labute approximate surface area is 152 Å². The molecule has 0 saturated carbocycles. The summed E-state index contributed by atoms with van der Waals surface area (Å²) in [6, 6.07) is 0. The Hall–Kier alpha value is -0.120. The average Bonchev–Trinajstić information content (AvgIpc) is 2.59. The summed E-state index contributed by atoms with van der Waals surface area (Å²) >= 11 is 0. The first-order valence-corrected chi connectivity index (χ1v) is 10.8. The number of aliphatic hydroxyl groups excluding tert-OH is 1. The van der Waals surface area contributed by atoms with Crippen molar-refractivity contribution in [3.05, 3.63) is 0 Å². The number of unbranched alkanes of at least 4 members (excludes halogenated alkanes) is 13. The maximum atomic E-state index is 9.86. The number of hydrogen-bond acceptors (Lipinski definition) is 3. The summed E-state index contributed by atoms with van der Waals surface area (Å²) in [5, 5.41) is 16.2. The zero-order valence-electron chi connectivity index (χ0n) is 16.8. The fourth-order valence-corrected chi connectivity index (χ4v) is 3.16. The van der Waals surface area contributed by atoms with Gasteiger partial charge in [0.15, 0.2) is 0 Å². The first-order chi connectivity index (χ1) is 11.8. The van der Waals surface area contributed by atoms with Gasteiger partial charge in [0.05, 0.1) is 6.10 Å². The van der Waals surface area contributed by atoms with Gasteiger partial charge in [-0.1, -0.05) is 96.8 Å². The molecule has 0 bridgehead atoms. The molecule has 0 aromatic heterocycles. The molecule has 3 N–H and O–H groups in total. The van der Waals surface area contributed by atoms with Gasteiger partial charge in [0.2, 0.25) is 0 Å². The molecule has 0 saturated heterocycles. The first kappa shape index (κ1) is 23.9. The molecule has 3 nitrogen and oxygen atoms in total. The van der Waals surface area contributed by atoms with E-state index >= 15 is 0 Å². The Balaban J connectivity index is 3.06. The van der Waals surface area contributed by atoms with Gasteiger partial charge in [-0.3, -0.25) is 0 Å². The van der Waals surface area contributed by atoms with Crippen LogP contribution in [-0.2, 0) is 0 Å². The van der Waals surface area contributed by atoms with E-state index in [1.807, 2.05) is 7.05 Å². The number of aliphatic hydroxyl groups is 1. The van der Waals surface area contributed by atoms with Crippen LogP contribution in [0.5, 0.6) is 0 Å². The molecular formula is C21H46N2O. The lowest BCUT2D eigenvalue weighted by molar-refractivity contribution is 0.158. The number of likely N-dealkylation sites (N-methyl/N-ethyl adjacent to an activating group) is 1. The summed E-state index contributed by atoms with van der Waals surface area (Å²) in [6.07, 6.45) is 20.2. The van der Waals surface area contributed by atoms with Crippen LogP contribution in [0, 0.1) is 0 Å². The first-order valence-electron chi connectivity index (χ1n) is 10.8. The van der Waals surface area contributed by atoms with Gasteiger partial charge < -0.3 is 15.7 Å². The summed E-state index contributed by atoms with van der Waals surface area (Å²) in [4.78, 5) is 0. The van der Waals surface area contributed by atoms with Crippen LogP contribution >= 0.6 is 0 Å². The molecule has 0 aliphatic carbocycles. The van der Waals surface area contributed by atoms with E-state index < -0.39 is 0 Å². The van der Waals surface area contributed by atoms with Crippen molar-refractivity contribution in [1.29, 1.82) is 0 Å². The van der Waals surface area contributed by atoms with Crippen LogP contribution in [-0.4, -0.2) is 37.9 Å². The van der Waals surface area contributed by atoms with Crippen molar-refractivity contribution >= 4 is 0 Å². The second kappa shape index (κ2) is 20.9. The SMILES string of the molecule is CCCCCCCCCCCCCCCCC(O)CNCCNC. The highest BCUT2D eigenvalue weighted by molar-refractivity contribution is 4.60. The van der Waals surface area contributed by atoms with E-state index in [9.17, 15) is 5.11 Å². The Morgan fingerprint density at radius 1 is 0.667 bits per heavy atom. The van der Waals surface area contributed by atoms with E-state index in [1.54, 1.807) is 0 Å². The van der Waals surface area contributed by atoms with Crippen LogP contribution in [0.2, 0.25) is 0 Å². The standard InChI is InChI=1S/C21H46N2O/c1-3-4-5-6-7-8-9-10-11-12-13-14-15-16-17-21(24)20-23-19-18-22-2/h21-24H,3-20H2,1-2H3. The Morgan fingerprint density at radius 2 is 1.12 bits per heavy atom. The van der Waals surface area contributed by atoms with Gasteiger partial charge in [-0.2, -0.15) is 0 Å². The predicted molar refractivity (Wildman–Crippen MR) is 108 cm³/mol. The summed E-state index contributed by atoms with van der Waals surface area (Å²) in [5.74, 6) is 0. The van der Waals surface area contributed by atoms with Gasteiger partial charge in [-0.15, -0.1) is 0 Å². The molecule has 146 valence electrons. The fourth-order valence-electron chi connectivity index (χ4n) is 3.16. The van der Waals surface area contributed by atoms with Crippen molar-refractivity contribution in [3.8, 4) is 0 Å². The maximum absolute atomic E-state index is 9.86. The Bertz CT molecular complexity index is 224. The highest BCUT2D eigenvalue weighted by atomic mass is 16.3. The van der Waals surface area contributed by atoms with Gasteiger partial charge in [-0.05, 0) is 13.5 Å². The second-order valence-electron chi connectivity index (χ2n) is 7.35. The number of rotatable bonds is 20. The van der Waals surface area contributed by atoms with Gasteiger partial charge in [0.25, 0.3) is 0 Å². The minimum absolute atomic E-state index is 0.167. The highest BCUT2D eigenvalue weighted by Gasteiger charge is 2.02. The van der Waals surface area contributed by atoms with E-state index in [0.29, 0.717) is 0 Å². The monoisotopic (exact) mass is 342 g/mol.